The van der Waals surface area contributed by atoms with Crippen LogP contribution in [0.15, 0.2) is 22.6 Å². The fourth-order valence-electron chi connectivity index (χ4n) is 1.55. The Bertz CT molecular complexity index is 534. The number of nitrogens with one attached hydrogen (secondary N) is 1. The minimum atomic E-state index is -0.583. The van der Waals surface area contributed by atoms with E-state index in [9.17, 15) is 9.90 Å². The summed E-state index contributed by atoms with van der Waals surface area (Å²) in [7, 11) is 1.76. The summed E-state index contributed by atoms with van der Waals surface area (Å²) in [5, 5.41) is 14.9. The quantitative estimate of drug-likeness (QED) is 0.790. The van der Waals surface area contributed by atoms with Crippen molar-refractivity contribution in [2.24, 2.45) is 0 Å². The van der Waals surface area contributed by atoms with E-state index in [1.54, 1.807) is 13.1 Å². The molecular formula is C10H13N3O2S. The maximum absolute atomic E-state index is 11.9. The van der Waals surface area contributed by atoms with Gasteiger partial charge < -0.3 is 10.4 Å². The lowest BCUT2D eigenvalue weighted by atomic mass is 10.3. The number of aromatic nitrogens is 2. The molecule has 0 spiro atoms. The Morgan fingerprint density at radius 2 is 2.50 bits per heavy atom. The number of aliphatic hydroxyl groups excluding tert-OH is 1. The van der Waals surface area contributed by atoms with Crippen LogP contribution in [-0.4, -0.2) is 34.4 Å². The van der Waals surface area contributed by atoms with Gasteiger partial charge in [0.05, 0.1) is 24.4 Å². The molecule has 0 fully saturated rings. The van der Waals surface area contributed by atoms with Gasteiger partial charge in [-0.05, 0) is 18.5 Å². The first-order chi connectivity index (χ1) is 7.72. The second-order valence-electron chi connectivity index (χ2n) is 3.55. The molecule has 0 aliphatic rings. The van der Waals surface area contributed by atoms with Crippen LogP contribution < -0.4 is 10.9 Å². The van der Waals surface area contributed by atoms with Crippen molar-refractivity contribution in [2.45, 2.75) is 12.6 Å². The first kappa shape index (κ1) is 11.3. The molecule has 1 unspecified atom stereocenters. The second-order valence-corrected chi connectivity index (χ2v) is 4.45. The van der Waals surface area contributed by atoms with Gasteiger partial charge in [0, 0.05) is 6.54 Å². The molecule has 0 radical (unpaired) electrons. The van der Waals surface area contributed by atoms with E-state index in [0.717, 1.165) is 4.83 Å². The number of hydrogen-bond donors (Lipinski definition) is 2. The van der Waals surface area contributed by atoms with Gasteiger partial charge in [0.2, 0.25) is 0 Å². The largest absolute Gasteiger partial charge is 0.390 e. The number of nitrogens with zero attached hydrogens (tertiary/aromatic N) is 2. The highest BCUT2D eigenvalue weighted by molar-refractivity contribution is 7.16. The highest BCUT2D eigenvalue weighted by atomic mass is 32.1. The van der Waals surface area contributed by atoms with Crippen LogP contribution in [0.5, 0.6) is 0 Å². The molecule has 6 heteroatoms. The zero-order valence-electron chi connectivity index (χ0n) is 8.88. The Balaban J connectivity index is 2.31. The van der Waals surface area contributed by atoms with Gasteiger partial charge in [-0.1, -0.05) is 0 Å². The van der Waals surface area contributed by atoms with Crippen LogP contribution in [0.1, 0.15) is 0 Å². The van der Waals surface area contributed by atoms with Gasteiger partial charge in [-0.15, -0.1) is 11.3 Å². The van der Waals surface area contributed by atoms with E-state index in [0.29, 0.717) is 11.9 Å². The predicted molar refractivity (Wildman–Crippen MR) is 63.8 cm³/mol. The molecule has 1 atom stereocenters. The van der Waals surface area contributed by atoms with Crippen LogP contribution in [0.25, 0.3) is 10.2 Å². The highest BCUT2D eigenvalue weighted by Gasteiger charge is 2.08. The molecule has 0 saturated carbocycles. The molecule has 0 aliphatic carbocycles. The lowest BCUT2D eigenvalue weighted by Crippen LogP contribution is -2.32. The van der Waals surface area contributed by atoms with Gasteiger partial charge >= 0.3 is 0 Å². The normalized spacial score (nSPS) is 13.1. The number of likely N-dealkylation sites (N-methyl/N-ethyl adjacent to an activating group) is 1. The number of aliphatic hydroxyl groups is 1. The monoisotopic (exact) mass is 239 g/mol. The van der Waals surface area contributed by atoms with Crippen molar-refractivity contribution in [2.75, 3.05) is 13.6 Å². The van der Waals surface area contributed by atoms with Crippen LogP contribution >= 0.6 is 11.3 Å². The standard InChI is InChI=1S/C10H13N3O2S/c1-11-4-7(14)5-13-6-12-9-8(10(13)15)2-3-16-9/h2-3,6-7,11,14H,4-5H2,1H3. The molecule has 0 aromatic carbocycles. The van der Waals surface area contributed by atoms with E-state index in [-0.39, 0.29) is 12.1 Å². The van der Waals surface area contributed by atoms with E-state index in [4.69, 9.17) is 0 Å². The Labute approximate surface area is 96.4 Å². The molecule has 16 heavy (non-hydrogen) atoms. The second kappa shape index (κ2) is 4.73. The number of fused-ring (bicyclic) bond motifs is 1. The summed E-state index contributed by atoms with van der Waals surface area (Å²) in [6.45, 7) is 0.715. The maximum atomic E-state index is 11.9. The maximum Gasteiger partial charge on any atom is 0.262 e. The van der Waals surface area contributed by atoms with E-state index >= 15 is 0 Å². The van der Waals surface area contributed by atoms with Gasteiger partial charge in [-0.2, -0.15) is 0 Å². The van der Waals surface area contributed by atoms with Crippen molar-refractivity contribution in [1.29, 1.82) is 0 Å². The molecule has 0 aliphatic heterocycles. The fraction of sp³-hybridized carbons (Fsp3) is 0.400. The van der Waals surface area contributed by atoms with Crippen molar-refractivity contribution < 1.29 is 5.11 Å². The molecule has 2 aromatic heterocycles. The highest BCUT2D eigenvalue weighted by Crippen LogP contribution is 2.13. The molecule has 0 saturated heterocycles. The van der Waals surface area contributed by atoms with E-state index in [2.05, 4.69) is 10.3 Å². The van der Waals surface area contributed by atoms with Crippen molar-refractivity contribution in [3.8, 4) is 0 Å². The average Bonchev–Trinajstić information content (AvgIpc) is 2.71. The van der Waals surface area contributed by atoms with Crippen molar-refractivity contribution in [3.05, 3.63) is 28.1 Å². The Kier molecular flexibility index (Phi) is 3.33. The molecule has 2 heterocycles. The molecule has 5 nitrogen and oxygen atoms in total. The van der Waals surface area contributed by atoms with E-state index in [1.165, 1.54) is 22.2 Å². The molecule has 2 aromatic rings. The fourth-order valence-corrected chi connectivity index (χ4v) is 2.27. The molecule has 2 rings (SSSR count). The van der Waals surface area contributed by atoms with Crippen molar-refractivity contribution >= 4 is 21.6 Å². The van der Waals surface area contributed by atoms with E-state index < -0.39 is 6.10 Å². The lowest BCUT2D eigenvalue weighted by molar-refractivity contribution is 0.152. The van der Waals surface area contributed by atoms with Gasteiger partial charge in [0.15, 0.2) is 0 Å². The first-order valence-corrected chi connectivity index (χ1v) is 5.85. The third-order valence-electron chi connectivity index (χ3n) is 2.30. The topological polar surface area (TPSA) is 67.2 Å². The van der Waals surface area contributed by atoms with Crippen LogP contribution in [0, 0.1) is 0 Å². The Morgan fingerprint density at radius 1 is 1.69 bits per heavy atom. The number of thiophene rings is 1. The minimum Gasteiger partial charge on any atom is -0.390 e. The van der Waals surface area contributed by atoms with Gasteiger partial charge in [0.25, 0.3) is 5.56 Å². The van der Waals surface area contributed by atoms with E-state index in [1.807, 2.05) is 5.38 Å². The Morgan fingerprint density at radius 3 is 3.25 bits per heavy atom. The number of rotatable bonds is 4. The average molecular weight is 239 g/mol. The first-order valence-electron chi connectivity index (χ1n) is 4.97. The van der Waals surface area contributed by atoms with Gasteiger partial charge in [0.1, 0.15) is 4.83 Å². The molecule has 86 valence electrons. The van der Waals surface area contributed by atoms with Crippen LogP contribution in [0.3, 0.4) is 0 Å². The third-order valence-corrected chi connectivity index (χ3v) is 3.12. The van der Waals surface area contributed by atoms with Gasteiger partial charge in [-0.25, -0.2) is 4.98 Å². The summed E-state index contributed by atoms with van der Waals surface area (Å²) in [5.74, 6) is 0. The summed E-state index contributed by atoms with van der Waals surface area (Å²) in [6.07, 6.45) is 0.903. The minimum absolute atomic E-state index is 0.0959. The lowest BCUT2D eigenvalue weighted by Gasteiger charge is -2.11. The Hall–Kier alpha value is -1.24. The zero-order chi connectivity index (χ0) is 11.5. The zero-order valence-corrected chi connectivity index (χ0v) is 9.70. The summed E-state index contributed by atoms with van der Waals surface area (Å²) >= 11 is 1.44. The molecule has 2 N–H and O–H groups in total. The van der Waals surface area contributed by atoms with Crippen LogP contribution in [-0.2, 0) is 6.54 Å². The third kappa shape index (κ3) is 2.13. The molecule has 0 bridgehead atoms. The van der Waals surface area contributed by atoms with Crippen LogP contribution in [0.4, 0.5) is 0 Å². The summed E-state index contributed by atoms with van der Waals surface area (Å²) in [6, 6.07) is 1.76. The summed E-state index contributed by atoms with van der Waals surface area (Å²) in [4.78, 5) is 16.8. The predicted octanol–water partition coefficient (Wildman–Crippen LogP) is 0.0383. The summed E-state index contributed by atoms with van der Waals surface area (Å²) < 4.78 is 1.44. The molecule has 0 amide bonds. The van der Waals surface area contributed by atoms with Crippen molar-refractivity contribution in [1.82, 2.24) is 14.9 Å². The van der Waals surface area contributed by atoms with Gasteiger partial charge in [-0.3, -0.25) is 9.36 Å². The SMILES string of the molecule is CNCC(O)Cn1cnc2sccc2c1=O. The summed E-state index contributed by atoms with van der Waals surface area (Å²) in [5.41, 5.74) is -0.0959. The number of hydrogen-bond acceptors (Lipinski definition) is 5. The van der Waals surface area contributed by atoms with Crippen LogP contribution in [0.2, 0.25) is 0 Å². The smallest absolute Gasteiger partial charge is 0.262 e. The van der Waals surface area contributed by atoms with Crippen molar-refractivity contribution in [3.63, 3.8) is 0 Å². The molecular weight excluding hydrogens is 226 g/mol.